The third kappa shape index (κ3) is 20.8. The zero-order valence-corrected chi connectivity index (χ0v) is 47.1. The van der Waals surface area contributed by atoms with Gasteiger partial charge >= 0.3 is 24.2 Å². The van der Waals surface area contributed by atoms with Crippen LogP contribution >= 0.6 is 0 Å². The van der Waals surface area contributed by atoms with Gasteiger partial charge in [-0.25, -0.2) is 0 Å². The van der Waals surface area contributed by atoms with Crippen LogP contribution in [0, 0.1) is 10.8 Å². The van der Waals surface area contributed by atoms with Gasteiger partial charge in [-0.3, -0.25) is 33.8 Å². The fraction of sp³-hybridized carbons (Fsp3) is 0.596. The fourth-order valence-electron chi connectivity index (χ4n) is 9.39. The number of likely N-dealkylation sites (N-methyl/N-ethyl adjacent to an activating group) is 1. The monoisotopic (exact) mass is 1120 g/mol. The molecule has 438 valence electrons. The highest BCUT2D eigenvalue weighted by atomic mass is 19.4. The molecule has 22 heteroatoms. The van der Waals surface area contributed by atoms with Crippen LogP contribution in [0.25, 0.3) is 0 Å². The maximum atomic E-state index is 13.8. The topological polar surface area (TPSA) is 188 Å². The Balaban J connectivity index is 0.000000342. The van der Waals surface area contributed by atoms with Crippen LogP contribution in [0.15, 0.2) is 85.1 Å². The molecule has 5 rings (SSSR count). The zero-order valence-electron chi connectivity index (χ0n) is 47.1. The van der Waals surface area contributed by atoms with Crippen molar-refractivity contribution in [3.8, 4) is 0 Å². The number of carbonyl (C=O) groups excluding carboxylic acids is 6. The van der Waals surface area contributed by atoms with E-state index in [0.29, 0.717) is 58.4 Å². The van der Waals surface area contributed by atoms with Crippen molar-refractivity contribution in [2.24, 2.45) is 10.8 Å². The van der Waals surface area contributed by atoms with E-state index in [1.165, 1.54) is 9.80 Å². The van der Waals surface area contributed by atoms with Crippen molar-refractivity contribution in [1.82, 2.24) is 51.2 Å². The number of nitrogens with one attached hydrogen (secondary N) is 5. The molecule has 2 saturated heterocycles. The number of hydrogen-bond acceptors (Lipinski definition) is 10. The summed E-state index contributed by atoms with van der Waals surface area (Å²) in [5.41, 5.74) is 1.09. The minimum Gasteiger partial charge on any atom is -0.342 e. The summed E-state index contributed by atoms with van der Waals surface area (Å²) in [4.78, 5) is 87.0. The molecule has 2 fully saturated rings. The number of aromatic nitrogens is 1. The molecule has 1 aromatic heterocycles. The molecule has 3 heterocycles. The maximum absolute atomic E-state index is 13.8. The molecule has 0 bridgehead atoms. The minimum atomic E-state index is -5.02. The molecule has 5 N–H and O–H groups in total. The number of carbonyl (C=O) groups is 6. The Bertz CT molecular complexity index is 2410. The Morgan fingerprint density at radius 3 is 1.37 bits per heavy atom. The van der Waals surface area contributed by atoms with E-state index in [9.17, 15) is 55.1 Å². The molecule has 2 aliphatic rings. The molecule has 6 atom stereocenters. The summed E-state index contributed by atoms with van der Waals surface area (Å²) in [6.45, 7) is 16.0. The average molecular weight is 1120 g/mol. The molecule has 0 saturated carbocycles. The molecule has 0 radical (unpaired) electrons. The van der Waals surface area contributed by atoms with Gasteiger partial charge in [0.15, 0.2) is 0 Å². The van der Waals surface area contributed by atoms with Crippen molar-refractivity contribution < 1.29 is 55.1 Å². The highest BCUT2D eigenvalue weighted by Gasteiger charge is 2.47. The van der Waals surface area contributed by atoms with Crippen LogP contribution in [0.2, 0.25) is 0 Å². The lowest BCUT2D eigenvalue weighted by atomic mass is 9.85. The number of alkyl halides is 6. The molecule has 0 aliphatic carbocycles. The van der Waals surface area contributed by atoms with Crippen LogP contribution in [-0.2, 0) is 48.2 Å². The van der Waals surface area contributed by atoms with Gasteiger partial charge in [-0.1, -0.05) is 108 Å². The number of pyridine rings is 1. The van der Waals surface area contributed by atoms with Crippen LogP contribution in [0.5, 0.6) is 0 Å². The molecule has 79 heavy (non-hydrogen) atoms. The number of nitrogens with zero attached hydrogens (tertiary/aromatic N) is 5. The first kappa shape index (κ1) is 65.4. The van der Waals surface area contributed by atoms with Crippen molar-refractivity contribution in [2.75, 3.05) is 59.4 Å². The Morgan fingerprint density at radius 1 is 0.595 bits per heavy atom. The van der Waals surface area contributed by atoms with E-state index in [4.69, 9.17) is 0 Å². The van der Waals surface area contributed by atoms with Crippen LogP contribution in [-0.4, -0.2) is 168 Å². The molecule has 0 spiro atoms. The van der Waals surface area contributed by atoms with Gasteiger partial charge in [0.1, 0.15) is 12.1 Å². The lowest BCUT2D eigenvalue weighted by molar-refractivity contribution is -0.186. The van der Waals surface area contributed by atoms with Gasteiger partial charge in [0.05, 0.1) is 17.8 Å². The van der Waals surface area contributed by atoms with Gasteiger partial charge in [0, 0.05) is 77.2 Å². The highest BCUT2D eigenvalue weighted by molar-refractivity contribution is 5.91. The molecule has 16 nitrogen and oxygen atoms in total. The van der Waals surface area contributed by atoms with Crippen molar-refractivity contribution in [3.63, 3.8) is 0 Å². The number of likely N-dealkylation sites (tertiary alicyclic amines) is 2. The predicted octanol–water partition coefficient (Wildman–Crippen LogP) is 6.05. The summed E-state index contributed by atoms with van der Waals surface area (Å²) in [6, 6.07) is 19.4. The van der Waals surface area contributed by atoms with Gasteiger partial charge in [-0.15, -0.1) is 0 Å². The second kappa shape index (κ2) is 29.9. The molecule has 3 aromatic rings. The van der Waals surface area contributed by atoms with Crippen molar-refractivity contribution in [3.05, 3.63) is 102 Å². The van der Waals surface area contributed by atoms with E-state index < -0.39 is 71.2 Å². The number of benzene rings is 2. The first-order valence-electron chi connectivity index (χ1n) is 27.1. The molecule has 2 aliphatic heterocycles. The number of halogens is 6. The van der Waals surface area contributed by atoms with Crippen LogP contribution in [0.1, 0.15) is 97.9 Å². The van der Waals surface area contributed by atoms with Crippen LogP contribution in [0.4, 0.5) is 26.3 Å². The van der Waals surface area contributed by atoms with E-state index in [2.05, 4.69) is 31.6 Å². The van der Waals surface area contributed by atoms with Crippen molar-refractivity contribution >= 4 is 35.4 Å². The van der Waals surface area contributed by atoms with E-state index in [0.717, 1.165) is 26.6 Å². The number of rotatable bonds is 23. The maximum Gasteiger partial charge on any atom is 0.471 e. The second-order valence-corrected chi connectivity index (χ2v) is 22.4. The summed E-state index contributed by atoms with van der Waals surface area (Å²) in [6.07, 6.45) is -5.71. The summed E-state index contributed by atoms with van der Waals surface area (Å²) < 4.78 is 80.8. The second-order valence-electron chi connectivity index (χ2n) is 22.4. The van der Waals surface area contributed by atoms with E-state index in [-0.39, 0.29) is 62.6 Å². The number of hydrogen-bond donors (Lipinski definition) is 5. The summed E-state index contributed by atoms with van der Waals surface area (Å²) in [5, 5.41) is 14.9. The Hall–Kier alpha value is -6.13. The Morgan fingerprint density at radius 2 is 1.00 bits per heavy atom. The fourth-order valence-corrected chi connectivity index (χ4v) is 9.39. The molecule has 2 aromatic carbocycles. The normalized spacial score (nSPS) is 17.4. The average Bonchev–Trinajstić information content (AvgIpc) is 4.11. The number of amides is 6. The molecular formula is C57H82F6N10O6. The summed E-state index contributed by atoms with van der Waals surface area (Å²) >= 11 is 0. The van der Waals surface area contributed by atoms with Gasteiger partial charge < -0.3 is 46.2 Å². The van der Waals surface area contributed by atoms with Crippen molar-refractivity contribution in [2.45, 2.75) is 149 Å². The first-order valence-corrected chi connectivity index (χ1v) is 27.1. The smallest absolute Gasteiger partial charge is 0.342 e. The lowest BCUT2D eigenvalue weighted by Crippen LogP contribution is -2.59. The standard InChI is InChI=1S/C30H40F3N5O3.C27H42F3N5O3/c1-21(35-19-23-13-8-9-16-34-23)26(39)36-25(29(2,3)4)27(40)38-17-10-14-24(38)20-37(28(41)30(31,32)33)18-15-22-11-6-5-7-12-22;1-19(32-15-14-31-5)23(36)33-22(26(2,3)4)24(37)35-16-9-12-21(35)18-34(25(38)27(28,29)30)17-13-20-10-7-6-8-11-20/h5-9,11-13,16,21,24-25,35H,10,14-15,17-20H2,1-4H3,(H,36,39);6-8,10-11,19,21-22,31-32H,9,12-18H2,1-5H3,(H,33,36)/t21-,24-,25+;19-,21-,22+/m00/s1. The first-order chi connectivity index (χ1) is 37.0. The molecule has 6 amide bonds. The van der Waals surface area contributed by atoms with Crippen LogP contribution < -0.4 is 26.6 Å². The Kier molecular flexibility index (Phi) is 24.8. The van der Waals surface area contributed by atoms with Crippen LogP contribution in [0.3, 0.4) is 0 Å². The SMILES string of the molecule is CNCCN[C@@H](C)C(=O)N[C@H](C(=O)N1CCC[C@H]1CN(CCc1ccccc1)C(=O)C(F)(F)F)C(C)(C)C.C[C@H](NCc1ccccn1)C(=O)N[C@H](C(=O)N1CCC[C@H]1CN(CCc1ccccc1)C(=O)C(F)(F)F)C(C)(C)C. The van der Waals surface area contributed by atoms with Gasteiger partial charge in [0.2, 0.25) is 23.6 Å². The predicted molar refractivity (Wildman–Crippen MR) is 290 cm³/mol. The lowest BCUT2D eigenvalue weighted by Gasteiger charge is -2.37. The summed E-state index contributed by atoms with van der Waals surface area (Å²) in [5.74, 6) is -5.24. The molecule has 0 unspecified atom stereocenters. The third-order valence-electron chi connectivity index (χ3n) is 14.0. The highest BCUT2D eigenvalue weighted by Crippen LogP contribution is 2.30. The third-order valence-corrected chi connectivity index (χ3v) is 14.0. The largest absolute Gasteiger partial charge is 0.471 e. The molecular weight excluding hydrogens is 1030 g/mol. The van der Waals surface area contributed by atoms with Crippen molar-refractivity contribution in [1.29, 1.82) is 0 Å². The van der Waals surface area contributed by atoms with Gasteiger partial charge in [-0.2, -0.15) is 26.3 Å². The zero-order chi connectivity index (χ0) is 58.7. The quantitative estimate of drug-likeness (QED) is 0.0553. The summed E-state index contributed by atoms with van der Waals surface area (Å²) in [7, 11) is 1.80. The van der Waals surface area contributed by atoms with E-state index in [1.54, 1.807) is 81.7 Å². The van der Waals surface area contributed by atoms with Gasteiger partial charge in [-0.05, 0) is 93.5 Å². The van der Waals surface area contributed by atoms with Gasteiger partial charge in [0.25, 0.3) is 0 Å². The Labute approximate surface area is 461 Å². The minimum absolute atomic E-state index is 0.115. The van der Waals surface area contributed by atoms with E-state index >= 15 is 0 Å². The van der Waals surface area contributed by atoms with E-state index in [1.807, 2.05) is 65.8 Å².